The van der Waals surface area contributed by atoms with Gasteiger partial charge in [0, 0.05) is 18.4 Å². The predicted octanol–water partition coefficient (Wildman–Crippen LogP) is 2.12. The molecule has 1 unspecified atom stereocenters. The summed E-state index contributed by atoms with van der Waals surface area (Å²) in [5, 5.41) is 9.78. The Morgan fingerprint density at radius 2 is 2.10 bits per heavy atom. The lowest BCUT2D eigenvalue weighted by Crippen LogP contribution is -2.47. The number of anilines is 1. The lowest BCUT2D eigenvalue weighted by Gasteiger charge is -2.34. The molecule has 2 aliphatic rings. The number of nitrogens with one attached hydrogen (secondary N) is 2. The summed E-state index contributed by atoms with van der Waals surface area (Å²) in [6.07, 6.45) is 2.26. The van der Waals surface area contributed by atoms with E-state index >= 15 is 0 Å². The smallest absolute Gasteiger partial charge is 0.322 e. The number of carbonyl (C=O) groups excluding carboxylic acids is 2. The molecule has 1 aromatic heterocycles. The Bertz CT molecular complexity index is 942. The average Bonchev–Trinajstić information content (AvgIpc) is 3.33. The normalized spacial score (nSPS) is 21.0. The van der Waals surface area contributed by atoms with E-state index in [-0.39, 0.29) is 30.2 Å². The molecule has 3 heterocycles. The first kappa shape index (κ1) is 19.3. The van der Waals surface area contributed by atoms with E-state index in [4.69, 9.17) is 4.74 Å². The highest BCUT2D eigenvalue weighted by Crippen LogP contribution is 2.22. The molecule has 154 valence electrons. The monoisotopic (exact) mass is 405 g/mol. The zero-order valence-electron chi connectivity index (χ0n) is 15.8. The van der Waals surface area contributed by atoms with E-state index in [9.17, 15) is 18.4 Å². The summed E-state index contributed by atoms with van der Waals surface area (Å²) >= 11 is 0. The first-order valence-corrected chi connectivity index (χ1v) is 9.38. The van der Waals surface area contributed by atoms with Gasteiger partial charge >= 0.3 is 6.03 Å². The minimum absolute atomic E-state index is 0.0339. The third-order valence-electron chi connectivity index (χ3n) is 5.18. The second kappa shape index (κ2) is 7.78. The highest BCUT2D eigenvalue weighted by atomic mass is 19.2. The molecule has 0 spiro atoms. The summed E-state index contributed by atoms with van der Waals surface area (Å²) in [5.41, 5.74) is 1.19. The molecule has 3 amide bonds. The number of hydrogen-bond donors (Lipinski definition) is 2. The number of urea groups is 1. The topological polar surface area (TPSA) is 88.5 Å². The predicted molar refractivity (Wildman–Crippen MR) is 99.3 cm³/mol. The van der Waals surface area contributed by atoms with Crippen molar-refractivity contribution in [3.63, 3.8) is 0 Å². The number of halogens is 2. The third kappa shape index (κ3) is 3.93. The summed E-state index contributed by atoms with van der Waals surface area (Å²) in [7, 11) is 0. The number of carbonyl (C=O) groups is 2. The highest BCUT2D eigenvalue weighted by Gasteiger charge is 2.32. The van der Waals surface area contributed by atoms with E-state index in [2.05, 4.69) is 15.7 Å². The van der Waals surface area contributed by atoms with Crippen LogP contribution in [0.25, 0.3) is 0 Å². The quantitative estimate of drug-likeness (QED) is 0.819. The van der Waals surface area contributed by atoms with Crippen LogP contribution in [0.5, 0.6) is 0 Å². The maximum atomic E-state index is 13.4. The van der Waals surface area contributed by atoms with Gasteiger partial charge in [-0.05, 0) is 25.5 Å². The molecular weight excluding hydrogens is 384 g/mol. The van der Waals surface area contributed by atoms with E-state index in [0.717, 1.165) is 18.6 Å². The SMILES string of the molecule is C[C@@H]1Cn2ncc(C(=O)NC3CCOC3)c2CN1C(=O)Nc1ccc(F)c(F)c1. The molecule has 29 heavy (non-hydrogen) atoms. The van der Waals surface area contributed by atoms with E-state index in [0.29, 0.717) is 31.0 Å². The molecule has 1 aromatic carbocycles. The Kier molecular flexibility index (Phi) is 5.18. The lowest BCUT2D eigenvalue weighted by atomic mass is 10.1. The van der Waals surface area contributed by atoms with E-state index in [1.165, 1.54) is 17.2 Å². The van der Waals surface area contributed by atoms with Crippen LogP contribution in [0.3, 0.4) is 0 Å². The molecule has 1 fully saturated rings. The van der Waals surface area contributed by atoms with Gasteiger partial charge in [0.25, 0.3) is 5.91 Å². The molecule has 0 bridgehead atoms. The second-order valence-corrected chi connectivity index (χ2v) is 7.26. The van der Waals surface area contributed by atoms with Crippen LogP contribution in [0.15, 0.2) is 24.4 Å². The first-order chi connectivity index (χ1) is 13.9. The number of hydrogen-bond acceptors (Lipinski definition) is 4. The summed E-state index contributed by atoms with van der Waals surface area (Å²) in [4.78, 5) is 26.9. The Morgan fingerprint density at radius 3 is 2.83 bits per heavy atom. The molecule has 2 atom stereocenters. The van der Waals surface area contributed by atoms with Gasteiger partial charge in [-0.25, -0.2) is 13.6 Å². The van der Waals surface area contributed by atoms with Crippen molar-refractivity contribution >= 4 is 17.6 Å². The van der Waals surface area contributed by atoms with Gasteiger partial charge < -0.3 is 20.3 Å². The Balaban J connectivity index is 1.49. The molecule has 4 rings (SSSR count). The summed E-state index contributed by atoms with van der Waals surface area (Å²) in [6, 6.07) is 2.47. The number of aromatic nitrogens is 2. The zero-order chi connectivity index (χ0) is 20.5. The van der Waals surface area contributed by atoms with Crippen LogP contribution < -0.4 is 10.6 Å². The van der Waals surface area contributed by atoms with Gasteiger partial charge in [-0.3, -0.25) is 9.48 Å². The number of ether oxygens (including phenoxy) is 1. The van der Waals surface area contributed by atoms with Crippen LogP contribution in [0.4, 0.5) is 19.3 Å². The van der Waals surface area contributed by atoms with Crippen LogP contribution >= 0.6 is 0 Å². The lowest BCUT2D eigenvalue weighted by molar-refractivity contribution is 0.0924. The number of nitrogens with zero attached hydrogens (tertiary/aromatic N) is 3. The maximum Gasteiger partial charge on any atom is 0.322 e. The molecule has 2 aromatic rings. The Labute approximate surface area is 165 Å². The van der Waals surface area contributed by atoms with Crippen LogP contribution in [0.2, 0.25) is 0 Å². The summed E-state index contributed by atoms with van der Waals surface area (Å²) < 4.78 is 33.5. The molecule has 8 nitrogen and oxygen atoms in total. The maximum absolute atomic E-state index is 13.4. The molecule has 0 saturated carbocycles. The van der Waals surface area contributed by atoms with Crippen molar-refractivity contribution in [2.45, 2.75) is 38.5 Å². The van der Waals surface area contributed by atoms with Gasteiger partial charge in [0.1, 0.15) is 0 Å². The zero-order valence-corrected chi connectivity index (χ0v) is 15.8. The van der Waals surface area contributed by atoms with E-state index in [1.54, 1.807) is 4.68 Å². The van der Waals surface area contributed by atoms with Crippen molar-refractivity contribution in [2.75, 3.05) is 18.5 Å². The Hall–Kier alpha value is -3.01. The van der Waals surface area contributed by atoms with Crippen molar-refractivity contribution in [2.24, 2.45) is 0 Å². The Morgan fingerprint density at radius 1 is 1.28 bits per heavy atom. The standard InChI is InChI=1S/C19H21F2N5O3/c1-11-8-26-17(14(7-22-26)18(27)23-13-4-5-29-10-13)9-25(11)19(28)24-12-2-3-15(20)16(21)6-12/h2-3,6-7,11,13H,4-5,8-10H2,1H3,(H,23,27)(H,24,28)/t11-,13?/m1/s1. The number of rotatable bonds is 3. The molecule has 1 saturated heterocycles. The minimum atomic E-state index is -1.04. The van der Waals surface area contributed by atoms with Crippen LogP contribution in [0.1, 0.15) is 29.4 Å². The van der Waals surface area contributed by atoms with Crippen molar-refractivity contribution in [1.29, 1.82) is 0 Å². The largest absolute Gasteiger partial charge is 0.379 e. The minimum Gasteiger partial charge on any atom is -0.379 e. The fourth-order valence-electron chi connectivity index (χ4n) is 3.54. The van der Waals surface area contributed by atoms with Gasteiger partial charge in [-0.15, -0.1) is 0 Å². The van der Waals surface area contributed by atoms with E-state index < -0.39 is 17.7 Å². The third-order valence-corrected chi connectivity index (χ3v) is 5.18. The molecule has 10 heteroatoms. The van der Waals surface area contributed by atoms with Crippen LogP contribution in [-0.4, -0.2) is 51.9 Å². The van der Waals surface area contributed by atoms with Crippen molar-refractivity contribution < 1.29 is 23.1 Å². The van der Waals surface area contributed by atoms with Crippen molar-refractivity contribution in [3.05, 3.63) is 47.3 Å². The highest BCUT2D eigenvalue weighted by molar-refractivity contribution is 5.96. The van der Waals surface area contributed by atoms with Gasteiger partial charge in [0.05, 0.1) is 49.2 Å². The van der Waals surface area contributed by atoms with Gasteiger partial charge in [0.15, 0.2) is 11.6 Å². The van der Waals surface area contributed by atoms with Crippen molar-refractivity contribution in [3.8, 4) is 0 Å². The van der Waals surface area contributed by atoms with Gasteiger partial charge in [-0.1, -0.05) is 0 Å². The molecule has 2 aliphatic heterocycles. The molecule has 0 aliphatic carbocycles. The number of fused-ring (bicyclic) bond motifs is 1. The molecule has 2 N–H and O–H groups in total. The fourth-order valence-corrected chi connectivity index (χ4v) is 3.54. The fraction of sp³-hybridized carbons (Fsp3) is 0.421. The summed E-state index contributed by atoms with van der Waals surface area (Å²) in [5.74, 6) is -2.28. The second-order valence-electron chi connectivity index (χ2n) is 7.26. The number of amides is 3. The molecule has 0 radical (unpaired) electrons. The molecular formula is C19H21F2N5O3. The van der Waals surface area contributed by atoms with Crippen LogP contribution in [0, 0.1) is 11.6 Å². The van der Waals surface area contributed by atoms with Gasteiger partial charge in [0.2, 0.25) is 0 Å². The van der Waals surface area contributed by atoms with Crippen LogP contribution in [-0.2, 0) is 17.8 Å². The van der Waals surface area contributed by atoms with Gasteiger partial charge in [-0.2, -0.15) is 5.10 Å². The van der Waals surface area contributed by atoms with Crippen molar-refractivity contribution in [1.82, 2.24) is 20.0 Å². The first-order valence-electron chi connectivity index (χ1n) is 9.38. The summed E-state index contributed by atoms with van der Waals surface area (Å²) in [6.45, 7) is 3.54. The average molecular weight is 405 g/mol. The number of benzene rings is 1. The van der Waals surface area contributed by atoms with E-state index in [1.807, 2.05) is 6.92 Å².